The van der Waals surface area contributed by atoms with Crippen LogP contribution in [-0.2, 0) is 4.79 Å². The molecule has 3 heteroatoms. The highest BCUT2D eigenvalue weighted by molar-refractivity contribution is 5.76. The van der Waals surface area contributed by atoms with Gasteiger partial charge in [0.1, 0.15) is 0 Å². The number of nitrogens with one attached hydrogen (secondary N) is 1. The Kier molecular flexibility index (Phi) is 6.69. The number of piperazine rings is 1. The molecule has 0 atom stereocenters. The summed E-state index contributed by atoms with van der Waals surface area (Å²) in [5.41, 5.74) is 0. The molecule has 0 unspecified atom stereocenters. The minimum absolute atomic E-state index is 0.374. The summed E-state index contributed by atoms with van der Waals surface area (Å²) in [7, 11) is 0. The second kappa shape index (κ2) is 8.57. The van der Waals surface area contributed by atoms with Crippen LogP contribution in [0.3, 0.4) is 0 Å². The lowest BCUT2D eigenvalue weighted by Gasteiger charge is -2.27. The molecule has 1 amide bonds. The Balaban J connectivity index is 1.47. The van der Waals surface area contributed by atoms with Gasteiger partial charge in [0.15, 0.2) is 0 Å². The van der Waals surface area contributed by atoms with Crippen LogP contribution in [-0.4, -0.2) is 37.0 Å². The molecule has 1 aliphatic heterocycles. The summed E-state index contributed by atoms with van der Waals surface area (Å²) in [5, 5.41) is 3.29. The van der Waals surface area contributed by atoms with Crippen LogP contribution in [0.5, 0.6) is 0 Å². The normalized spacial score (nSPS) is 21.6. The van der Waals surface area contributed by atoms with E-state index < -0.39 is 0 Å². The highest BCUT2D eigenvalue weighted by Crippen LogP contribution is 2.27. The lowest BCUT2D eigenvalue weighted by Crippen LogP contribution is -2.46. The number of hydrogen-bond acceptors (Lipinski definition) is 2. The molecule has 1 aliphatic carbocycles. The first-order valence-corrected chi connectivity index (χ1v) is 8.35. The maximum Gasteiger partial charge on any atom is 0.222 e. The van der Waals surface area contributed by atoms with E-state index in [0.717, 1.165) is 44.9 Å². The van der Waals surface area contributed by atoms with Crippen molar-refractivity contribution in [2.75, 3.05) is 26.2 Å². The van der Waals surface area contributed by atoms with Gasteiger partial charge in [0.25, 0.3) is 0 Å². The van der Waals surface area contributed by atoms with Crippen molar-refractivity contribution in [2.45, 2.75) is 64.2 Å². The lowest BCUT2D eigenvalue weighted by atomic mass is 9.85. The van der Waals surface area contributed by atoms with Gasteiger partial charge in [-0.05, 0) is 12.3 Å². The second-order valence-corrected chi connectivity index (χ2v) is 6.23. The molecule has 0 bridgehead atoms. The molecule has 0 radical (unpaired) electrons. The Morgan fingerprint density at radius 2 is 1.74 bits per heavy atom. The minimum Gasteiger partial charge on any atom is -0.340 e. The SMILES string of the molecule is O=C(CCCCCC1CCCCC1)N1CCNCC1. The van der Waals surface area contributed by atoms with E-state index in [1.54, 1.807) is 0 Å². The number of unbranched alkanes of at least 4 members (excludes halogenated alkanes) is 2. The first-order chi connectivity index (χ1) is 9.36. The maximum absolute atomic E-state index is 12.0. The zero-order valence-electron chi connectivity index (χ0n) is 12.3. The second-order valence-electron chi connectivity index (χ2n) is 6.23. The van der Waals surface area contributed by atoms with Crippen LogP contribution in [0.1, 0.15) is 64.2 Å². The summed E-state index contributed by atoms with van der Waals surface area (Å²) in [6.45, 7) is 3.74. The smallest absolute Gasteiger partial charge is 0.222 e. The quantitative estimate of drug-likeness (QED) is 0.750. The van der Waals surface area contributed by atoms with Gasteiger partial charge in [0.2, 0.25) is 5.91 Å². The number of carbonyl (C=O) groups excluding carboxylic acids is 1. The van der Waals surface area contributed by atoms with E-state index in [1.807, 2.05) is 4.90 Å². The first kappa shape index (κ1) is 14.8. The maximum atomic E-state index is 12.0. The molecule has 2 aliphatic rings. The third-order valence-electron chi connectivity index (χ3n) is 4.70. The molecule has 0 aromatic carbocycles. The third kappa shape index (κ3) is 5.52. The van der Waals surface area contributed by atoms with E-state index in [2.05, 4.69) is 5.32 Å². The zero-order chi connectivity index (χ0) is 13.3. The number of hydrogen-bond donors (Lipinski definition) is 1. The van der Waals surface area contributed by atoms with Crippen molar-refractivity contribution >= 4 is 5.91 Å². The van der Waals surface area contributed by atoms with E-state index in [9.17, 15) is 4.79 Å². The monoisotopic (exact) mass is 266 g/mol. The third-order valence-corrected chi connectivity index (χ3v) is 4.70. The van der Waals surface area contributed by atoms with Crippen LogP contribution in [0.4, 0.5) is 0 Å². The molecule has 0 spiro atoms. The molecular formula is C16H30N2O. The predicted octanol–water partition coefficient (Wildman–Crippen LogP) is 2.95. The van der Waals surface area contributed by atoms with Crippen LogP contribution >= 0.6 is 0 Å². The molecule has 0 aromatic rings. The van der Waals surface area contributed by atoms with Crippen molar-refractivity contribution < 1.29 is 4.79 Å². The minimum atomic E-state index is 0.374. The number of amides is 1. The fraction of sp³-hybridized carbons (Fsp3) is 0.938. The molecule has 2 fully saturated rings. The fourth-order valence-corrected chi connectivity index (χ4v) is 3.43. The molecule has 0 aromatic heterocycles. The van der Waals surface area contributed by atoms with E-state index in [4.69, 9.17) is 0 Å². The van der Waals surface area contributed by atoms with Gasteiger partial charge in [0, 0.05) is 32.6 Å². The zero-order valence-corrected chi connectivity index (χ0v) is 12.3. The van der Waals surface area contributed by atoms with Gasteiger partial charge < -0.3 is 10.2 Å². The number of nitrogens with zero attached hydrogens (tertiary/aromatic N) is 1. The van der Waals surface area contributed by atoms with E-state index >= 15 is 0 Å². The molecule has 2 rings (SSSR count). The van der Waals surface area contributed by atoms with Crippen molar-refractivity contribution in [3.63, 3.8) is 0 Å². The van der Waals surface area contributed by atoms with Crippen LogP contribution in [0, 0.1) is 5.92 Å². The number of carbonyl (C=O) groups is 1. The van der Waals surface area contributed by atoms with Gasteiger partial charge in [-0.25, -0.2) is 0 Å². The summed E-state index contributed by atoms with van der Waals surface area (Å²) in [5.74, 6) is 1.37. The van der Waals surface area contributed by atoms with Crippen molar-refractivity contribution in [2.24, 2.45) is 5.92 Å². The summed E-state index contributed by atoms with van der Waals surface area (Å²) in [6, 6.07) is 0. The standard InChI is InChI=1S/C16H30N2O/c19-16(18-13-11-17-12-14-18)10-6-2-5-9-15-7-3-1-4-8-15/h15,17H,1-14H2. The molecule has 110 valence electrons. The van der Waals surface area contributed by atoms with Crippen molar-refractivity contribution in [1.29, 1.82) is 0 Å². The van der Waals surface area contributed by atoms with Crippen LogP contribution in [0.2, 0.25) is 0 Å². The number of rotatable bonds is 6. The first-order valence-electron chi connectivity index (χ1n) is 8.35. The van der Waals surface area contributed by atoms with Gasteiger partial charge in [-0.15, -0.1) is 0 Å². The van der Waals surface area contributed by atoms with Gasteiger partial charge in [0.05, 0.1) is 0 Å². The van der Waals surface area contributed by atoms with Crippen LogP contribution in [0.25, 0.3) is 0 Å². The van der Waals surface area contributed by atoms with Gasteiger partial charge in [-0.1, -0.05) is 51.4 Å². The Labute approximate surface area is 118 Å². The van der Waals surface area contributed by atoms with Crippen molar-refractivity contribution in [1.82, 2.24) is 10.2 Å². The molecule has 1 saturated heterocycles. The van der Waals surface area contributed by atoms with E-state index in [1.165, 1.54) is 51.4 Å². The summed E-state index contributed by atoms with van der Waals surface area (Å²) < 4.78 is 0. The predicted molar refractivity (Wildman–Crippen MR) is 79.1 cm³/mol. The summed E-state index contributed by atoms with van der Waals surface area (Å²) >= 11 is 0. The molecule has 19 heavy (non-hydrogen) atoms. The molecule has 1 N–H and O–H groups in total. The molecule has 1 heterocycles. The average Bonchev–Trinajstić information content (AvgIpc) is 2.49. The summed E-state index contributed by atoms with van der Waals surface area (Å²) in [6.07, 6.45) is 13.1. The van der Waals surface area contributed by atoms with Gasteiger partial charge in [-0.3, -0.25) is 4.79 Å². The van der Waals surface area contributed by atoms with Crippen molar-refractivity contribution in [3.05, 3.63) is 0 Å². The van der Waals surface area contributed by atoms with Crippen molar-refractivity contribution in [3.8, 4) is 0 Å². The lowest BCUT2D eigenvalue weighted by molar-refractivity contribution is -0.131. The molecule has 3 nitrogen and oxygen atoms in total. The van der Waals surface area contributed by atoms with Crippen LogP contribution < -0.4 is 5.32 Å². The highest BCUT2D eigenvalue weighted by Gasteiger charge is 2.16. The average molecular weight is 266 g/mol. The van der Waals surface area contributed by atoms with Gasteiger partial charge >= 0.3 is 0 Å². The molecule has 1 saturated carbocycles. The topological polar surface area (TPSA) is 32.3 Å². The Bertz CT molecular complexity index is 255. The van der Waals surface area contributed by atoms with E-state index in [-0.39, 0.29) is 0 Å². The Hall–Kier alpha value is -0.570. The molecular weight excluding hydrogens is 236 g/mol. The van der Waals surface area contributed by atoms with E-state index in [0.29, 0.717) is 5.91 Å². The summed E-state index contributed by atoms with van der Waals surface area (Å²) in [4.78, 5) is 14.0. The largest absolute Gasteiger partial charge is 0.340 e. The Morgan fingerprint density at radius 1 is 1.00 bits per heavy atom. The van der Waals surface area contributed by atoms with Gasteiger partial charge in [-0.2, -0.15) is 0 Å². The Morgan fingerprint density at radius 3 is 2.47 bits per heavy atom. The highest BCUT2D eigenvalue weighted by atomic mass is 16.2. The fourth-order valence-electron chi connectivity index (χ4n) is 3.43. The van der Waals surface area contributed by atoms with Crippen LogP contribution in [0.15, 0.2) is 0 Å².